The normalized spacial score (nSPS) is 24.9. The number of hydrogen-bond donors (Lipinski definition) is 1. The first-order valence-electron chi connectivity index (χ1n) is 5.78. The van der Waals surface area contributed by atoms with Gasteiger partial charge in [-0.2, -0.15) is 4.98 Å². The molecule has 2 heterocycles. The zero-order chi connectivity index (χ0) is 11.7. The molecule has 0 atom stereocenters. The number of nitrogens with one attached hydrogen (secondary N) is 1. The van der Waals surface area contributed by atoms with Crippen LogP contribution in [-0.4, -0.2) is 26.7 Å². The van der Waals surface area contributed by atoms with Gasteiger partial charge in [0.2, 0.25) is 0 Å². The van der Waals surface area contributed by atoms with Crippen LogP contribution >= 0.6 is 0 Å². The Kier molecular flexibility index (Phi) is 2.84. The average molecular weight is 250 g/mol. The number of para-hydroxylation sites is 2. The van der Waals surface area contributed by atoms with Gasteiger partial charge < -0.3 is 9.73 Å². The topological polar surface area (TPSA) is 55.1 Å². The lowest BCUT2D eigenvalue weighted by molar-refractivity contribution is 0.569. The van der Waals surface area contributed by atoms with Crippen molar-refractivity contribution in [3.63, 3.8) is 0 Å². The molecule has 1 N–H and O–H groups in total. The minimum atomic E-state index is -0.625. The van der Waals surface area contributed by atoms with Gasteiger partial charge in [0, 0.05) is 28.3 Å². The van der Waals surface area contributed by atoms with E-state index in [1.54, 1.807) is 0 Å². The molecule has 1 aliphatic heterocycles. The van der Waals surface area contributed by atoms with Crippen molar-refractivity contribution in [3.8, 4) is 0 Å². The highest BCUT2D eigenvalue weighted by Gasteiger charge is 2.19. The van der Waals surface area contributed by atoms with Crippen molar-refractivity contribution in [2.45, 2.75) is 18.9 Å². The summed E-state index contributed by atoms with van der Waals surface area (Å²) in [6.45, 7) is 0. The van der Waals surface area contributed by atoms with E-state index in [4.69, 9.17) is 4.42 Å². The molecule has 0 radical (unpaired) electrons. The van der Waals surface area contributed by atoms with E-state index in [2.05, 4.69) is 10.3 Å². The van der Waals surface area contributed by atoms with Crippen LogP contribution in [0.1, 0.15) is 12.8 Å². The molecule has 90 valence electrons. The molecular weight excluding hydrogens is 236 g/mol. The van der Waals surface area contributed by atoms with Crippen molar-refractivity contribution >= 4 is 27.9 Å². The summed E-state index contributed by atoms with van der Waals surface area (Å²) in [6.07, 6.45) is 1.84. The Morgan fingerprint density at radius 2 is 2.06 bits per heavy atom. The van der Waals surface area contributed by atoms with Crippen LogP contribution in [0.25, 0.3) is 11.1 Å². The molecule has 0 saturated carbocycles. The van der Waals surface area contributed by atoms with Gasteiger partial charge in [-0.3, -0.25) is 4.21 Å². The van der Waals surface area contributed by atoms with Gasteiger partial charge >= 0.3 is 0 Å². The minimum Gasteiger partial charge on any atom is -0.424 e. The van der Waals surface area contributed by atoms with Crippen molar-refractivity contribution in [3.05, 3.63) is 24.3 Å². The van der Waals surface area contributed by atoms with E-state index in [9.17, 15) is 4.21 Å². The molecule has 1 aromatic carbocycles. The SMILES string of the molecule is O=S1CCC(Nc2nc3ccccc3o2)CC1. The average Bonchev–Trinajstić information content (AvgIpc) is 2.74. The van der Waals surface area contributed by atoms with E-state index >= 15 is 0 Å². The molecule has 5 heteroatoms. The van der Waals surface area contributed by atoms with Crippen LogP contribution in [0.15, 0.2) is 28.7 Å². The Bertz CT molecular complexity index is 509. The van der Waals surface area contributed by atoms with Gasteiger partial charge in [0.1, 0.15) is 5.52 Å². The molecule has 1 saturated heterocycles. The third-order valence-corrected chi connectivity index (χ3v) is 4.39. The summed E-state index contributed by atoms with van der Waals surface area (Å²) in [4.78, 5) is 4.37. The number of benzene rings is 1. The Labute approximate surface area is 102 Å². The minimum absolute atomic E-state index is 0.334. The maximum atomic E-state index is 11.2. The van der Waals surface area contributed by atoms with Crippen LogP contribution < -0.4 is 5.32 Å². The van der Waals surface area contributed by atoms with E-state index in [0.717, 1.165) is 35.4 Å². The maximum Gasteiger partial charge on any atom is 0.295 e. The van der Waals surface area contributed by atoms with Gasteiger partial charge in [-0.15, -0.1) is 0 Å². The van der Waals surface area contributed by atoms with Gasteiger partial charge in [0.15, 0.2) is 5.58 Å². The van der Waals surface area contributed by atoms with E-state index in [0.29, 0.717) is 12.1 Å². The number of hydrogen-bond acceptors (Lipinski definition) is 4. The predicted octanol–water partition coefficient (Wildman–Crippen LogP) is 2.15. The van der Waals surface area contributed by atoms with Crippen molar-refractivity contribution in [1.82, 2.24) is 4.98 Å². The van der Waals surface area contributed by atoms with Crippen molar-refractivity contribution < 1.29 is 8.63 Å². The van der Waals surface area contributed by atoms with Crippen molar-refractivity contribution in [1.29, 1.82) is 0 Å². The third kappa shape index (κ3) is 2.34. The van der Waals surface area contributed by atoms with Gasteiger partial charge in [-0.05, 0) is 25.0 Å². The molecule has 0 spiro atoms. The first kappa shape index (κ1) is 10.8. The van der Waals surface area contributed by atoms with Gasteiger partial charge in [0.25, 0.3) is 6.01 Å². The van der Waals surface area contributed by atoms with Crippen molar-refractivity contribution in [2.24, 2.45) is 0 Å². The van der Waals surface area contributed by atoms with Crippen LogP contribution in [0.2, 0.25) is 0 Å². The second-order valence-electron chi connectivity index (χ2n) is 4.25. The summed E-state index contributed by atoms with van der Waals surface area (Å²) in [5.41, 5.74) is 1.67. The fourth-order valence-electron chi connectivity index (χ4n) is 2.05. The number of rotatable bonds is 2. The lowest BCUT2D eigenvalue weighted by atomic mass is 10.2. The number of nitrogens with zero attached hydrogens (tertiary/aromatic N) is 1. The van der Waals surface area contributed by atoms with Crippen LogP contribution in [0.3, 0.4) is 0 Å². The summed E-state index contributed by atoms with van der Waals surface area (Å²) in [5.74, 6) is 1.55. The van der Waals surface area contributed by atoms with Crippen LogP contribution in [0, 0.1) is 0 Å². The molecule has 0 aliphatic carbocycles. The summed E-state index contributed by atoms with van der Waals surface area (Å²) in [6, 6.07) is 8.62. The highest BCUT2D eigenvalue weighted by Crippen LogP contribution is 2.21. The largest absolute Gasteiger partial charge is 0.424 e. The maximum absolute atomic E-state index is 11.2. The molecule has 1 fully saturated rings. The van der Waals surface area contributed by atoms with E-state index in [1.165, 1.54) is 0 Å². The molecule has 0 bridgehead atoms. The first-order valence-corrected chi connectivity index (χ1v) is 7.27. The predicted molar refractivity (Wildman–Crippen MR) is 68.5 cm³/mol. The number of fused-ring (bicyclic) bond motifs is 1. The van der Waals surface area contributed by atoms with Crippen LogP contribution in [-0.2, 0) is 10.8 Å². The highest BCUT2D eigenvalue weighted by molar-refractivity contribution is 7.85. The Balaban J connectivity index is 1.74. The fraction of sp³-hybridized carbons (Fsp3) is 0.417. The standard InChI is InChI=1S/C12H14N2O2S/c15-17-7-5-9(6-8-17)13-12-14-10-3-1-2-4-11(10)16-12/h1-4,9H,5-8H2,(H,13,14). The molecule has 4 nitrogen and oxygen atoms in total. The number of aromatic nitrogens is 1. The molecule has 0 amide bonds. The molecular formula is C12H14N2O2S. The van der Waals surface area contributed by atoms with E-state index in [-0.39, 0.29) is 0 Å². The molecule has 1 aliphatic rings. The van der Waals surface area contributed by atoms with Crippen molar-refractivity contribution in [2.75, 3.05) is 16.8 Å². The Morgan fingerprint density at radius 3 is 2.82 bits per heavy atom. The smallest absolute Gasteiger partial charge is 0.295 e. The third-order valence-electron chi connectivity index (χ3n) is 3.01. The molecule has 1 aromatic heterocycles. The zero-order valence-electron chi connectivity index (χ0n) is 9.39. The zero-order valence-corrected chi connectivity index (χ0v) is 10.2. The lowest BCUT2D eigenvalue weighted by Crippen LogP contribution is -2.29. The van der Waals surface area contributed by atoms with Gasteiger partial charge in [-0.25, -0.2) is 0 Å². The highest BCUT2D eigenvalue weighted by atomic mass is 32.2. The second-order valence-corrected chi connectivity index (χ2v) is 5.95. The summed E-state index contributed by atoms with van der Waals surface area (Å²) in [7, 11) is -0.625. The number of anilines is 1. The fourth-order valence-corrected chi connectivity index (χ4v) is 3.35. The van der Waals surface area contributed by atoms with E-state index in [1.807, 2.05) is 24.3 Å². The molecule has 3 rings (SSSR count). The summed E-state index contributed by atoms with van der Waals surface area (Å²) < 4.78 is 16.8. The Hall–Kier alpha value is -1.36. The van der Waals surface area contributed by atoms with Crippen LogP contribution in [0.5, 0.6) is 0 Å². The quantitative estimate of drug-likeness (QED) is 0.887. The summed E-state index contributed by atoms with van der Waals surface area (Å²) >= 11 is 0. The molecule has 17 heavy (non-hydrogen) atoms. The molecule has 0 unspecified atom stereocenters. The monoisotopic (exact) mass is 250 g/mol. The number of oxazole rings is 1. The van der Waals surface area contributed by atoms with Gasteiger partial charge in [0.05, 0.1) is 0 Å². The van der Waals surface area contributed by atoms with Gasteiger partial charge in [-0.1, -0.05) is 12.1 Å². The van der Waals surface area contributed by atoms with Crippen LogP contribution in [0.4, 0.5) is 6.01 Å². The Morgan fingerprint density at radius 1 is 1.29 bits per heavy atom. The second kappa shape index (κ2) is 4.49. The molecule has 2 aromatic rings. The lowest BCUT2D eigenvalue weighted by Gasteiger charge is -2.21. The first-order chi connectivity index (χ1) is 8.31. The van der Waals surface area contributed by atoms with E-state index < -0.39 is 10.8 Å². The summed E-state index contributed by atoms with van der Waals surface area (Å²) in [5, 5.41) is 3.28.